The lowest BCUT2D eigenvalue weighted by Gasteiger charge is -2.15. The molecule has 4 N–H and O–H groups in total. The molecule has 4 aromatic heterocycles. The maximum atomic E-state index is 16.0. The third-order valence-electron chi connectivity index (χ3n) is 11.4. The predicted octanol–water partition coefficient (Wildman–Crippen LogP) is 9.79. The molecule has 346 valence electrons. The third kappa shape index (κ3) is 8.22. The van der Waals surface area contributed by atoms with Crippen molar-refractivity contribution in [3.8, 4) is 0 Å². The van der Waals surface area contributed by atoms with Crippen molar-refractivity contribution in [2.45, 2.75) is 25.7 Å². The summed E-state index contributed by atoms with van der Waals surface area (Å²) in [5, 5.41) is 0.0430. The summed E-state index contributed by atoms with van der Waals surface area (Å²) in [6, 6.07) is 24.8. The number of H-pyrrole nitrogens is 4. The van der Waals surface area contributed by atoms with Crippen molar-refractivity contribution in [3.05, 3.63) is 231 Å². The maximum Gasteiger partial charge on any atom is 0.338 e. The molecule has 1 aliphatic heterocycles. The molecule has 68 heavy (non-hydrogen) atoms. The van der Waals surface area contributed by atoms with E-state index < -0.39 is 94.5 Å². The Kier molecular flexibility index (Phi) is 12.0. The zero-order valence-corrected chi connectivity index (χ0v) is 38.8. The molecule has 6 nitrogen and oxygen atoms in total. The second kappa shape index (κ2) is 17.7. The van der Waals surface area contributed by atoms with Crippen molar-refractivity contribution >= 4 is 58.9 Å². The van der Waals surface area contributed by atoms with Crippen molar-refractivity contribution in [1.29, 1.82) is 0 Å². The van der Waals surface area contributed by atoms with Crippen LogP contribution >= 0.6 is 22.6 Å². The van der Waals surface area contributed by atoms with E-state index in [4.69, 9.17) is 4.74 Å². The summed E-state index contributed by atoms with van der Waals surface area (Å²) >= 11 is 2.07. The molecule has 0 radical (unpaired) electrons. The Morgan fingerprint density at radius 1 is 0.441 bits per heavy atom. The maximum absolute atomic E-state index is 16.0. The summed E-state index contributed by atoms with van der Waals surface area (Å²) in [6.45, 7) is 6.57. The van der Waals surface area contributed by atoms with Gasteiger partial charge in [-0.3, -0.25) is 0 Å². The Labute approximate surface area is 393 Å². The van der Waals surface area contributed by atoms with Crippen LogP contribution in [0, 0.1) is 61.7 Å². The molecule has 0 unspecified atom stereocenters. The van der Waals surface area contributed by atoms with Crippen LogP contribution in [0.4, 0.5) is 43.9 Å². The van der Waals surface area contributed by atoms with E-state index in [9.17, 15) is 13.6 Å². The fraction of sp³-hybridized carbons (Fsp3) is 0.100. The van der Waals surface area contributed by atoms with Crippen molar-refractivity contribution in [2.24, 2.45) is 0 Å². The van der Waals surface area contributed by atoms with Gasteiger partial charge in [0.05, 0.1) is 23.3 Å². The molecular formula is C50H33F10IN4O2Si. The van der Waals surface area contributed by atoms with Gasteiger partial charge in [0.25, 0.3) is 0 Å². The number of ether oxygens (including phenoxy) is 1. The van der Waals surface area contributed by atoms with Crippen LogP contribution in [-0.2, 0) is 4.74 Å². The first-order valence-corrected chi connectivity index (χ1v) is 25.5. The topological polar surface area (TPSA) is 89.5 Å². The lowest BCUT2D eigenvalue weighted by molar-refractivity contribution is 0.0525. The normalized spacial score (nSPS) is 12.9. The number of hydrogen-bond acceptors (Lipinski definition) is 2. The van der Waals surface area contributed by atoms with E-state index in [2.05, 4.69) is 62.2 Å². The summed E-state index contributed by atoms with van der Waals surface area (Å²) in [5.41, 5.74) is -1.91. The molecule has 18 heteroatoms. The highest BCUT2D eigenvalue weighted by Gasteiger charge is 2.32. The van der Waals surface area contributed by atoms with Crippen LogP contribution in [0.25, 0.3) is 22.3 Å². The summed E-state index contributed by atoms with van der Waals surface area (Å²) in [5.74, 6) is -22.5. The number of carbonyl (C=O) groups is 1. The van der Waals surface area contributed by atoms with Crippen LogP contribution in [-0.4, -0.2) is 40.6 Å². The van der Waals surface area contributed by atoms with Crippen molar-refractivity contribution < 1.29 is 53.4 Å². The average molecular weight is 1070 g/mol. The van der Waals surface area contributed by atoms with Crippen LogP contribution < -0.4 is 21.4 Å². The van der Waals surface area contributed by atoms with E-state index in [1.165, 1.54) is 72.8 Å². The molecule has 8 aromatic rings. The summed E-state index contributed by atoms with van der Waals surface area (Å²) in [6.07, 6.45) is 0. The van der Waals surface area contributed by atoms with Gasteiger partial charge in [-0.05, 0) is 113 Å². The fourth-order valence-electron chi connectivity index (χ4n) is 8.06. The first-order chi connectivity index (χ1) is 32.3. The van der Waals surface area contributed by atoms with Gasteiger partial charge in [-0.2, -0.15) is 0 Å². The minimum atomic E-state index is -2.36. The minimum absolute atomic E-state index is 0.130. The quantitative estimate of drug-likeness (QED) is 0.0305. The number of esters is 1. The molecule has 5 heterocycles. The average Bonchev–Trinajstić information content (AvgIpc) is 4.17. The largest absolute Gasteiger partial charge is 0.462 e. The van der Waals surface area contributed by atoms with Crippen LogP contribution in [0.1, 0.15) is 55.4 Å². The van der Waals surface area contributed by atoms with Gasteiger partial charge in [0.1, 0.15) is 0 Å². The Balaban J connectivity index is 1.40. The Hall–Kier alpha value is -6.80. The lowest BCUT2D eigenvalue weighted by Crippen LogP contribution is -2.22. The van der Waals surface area contributed by atoms with Gasteiger partial charge in [0.2, 0.25) is 11.6 Å². The molecule has 0 saturated carbocycles. The second-order valence-electron chi connectivity index (χ2n) is 17.1. The number of hydrogen-bond donors (Lipinski definition) is 4. The van der Waals surface area contributed by atoms with Gasteiger partial charge < -0.3 is 24.7 Å². The van der Waals surface area contributed by atoms with E-state index in [0.29, 0.717) is 22.7 Å². The minimum Gasteiger partial charge on any atom is -0.462 e. The molecule has 1 aliphatic rings. The number of fused-ring (bicyclic) bond motifs is 8. The summed E-state index contributed by atoms with van der Waals surface area (Å²) in [4.78, 5) is 25.3. The van der Waals surface area contributed by atoms with E-state index >= 15 is 35.1 Å². The number of carbonyl (C=O) groups excluding carboxylic acids is 1. The smallest absolute Gasteiger partial charge is 0.338 e. The standard InChI is InChI=1S/C50H33F10IN4O2Si/c1-68(2,3)21-20-67-50(66)24-6-4-22(5-7-24)34-26-12-16-30(62-26)36(38-40(51)44(55)48(59)45(56)41(38)52)32-18-14-28(64-32)35(23-8-10-25(61)11-9-23)29-15-19-33(65-29)37(31-17-13-27(34)63-31)39-42(53)46(57)49(60)47(58)43(39)54/h4-19,62-65H,20-21H2,1-3H3. The van der Waals surface area contributed by atoms with Crippen LogP contribution in [0.15, 0.2) is 97.1 Å². The third-order valence-corrected chi connectivity index (χ3v) is 13.9. The molecule has 0 atom stereocenters. The lowest BCUT2D eigenvalue weighted by atomic mass is 10.00. The SMILES string of the molecule is C[Si](C)(C)CCOC(=O)c1ccc(C2=c3ccc([nH]3)=C(c3c(F)c(F)c(F)c(F)c3F)c3ccc([nH]3)C(c3ccc(I)cc3)=c3ccc([nH]3)=C(c3c(F)c(F)c(F)c(F)c3F)c3ccc2[nH]3)cc1. The highest BCUT2D eigenvalue weighted by atomic mass is 127. The first kappa shape index (κ1) is 46.3. The molecular weight excluding hydrogens is 1030 g/mol. The van der Waals surface area contributed by atoms with E-state index in [0.717, 1.165) is 3.57 Å². The van der Waals surface area contributed by atoms with Gasteiger partial charge in [-0.15, -0.1) is 0 Å². The number of nitrogens with one attached hydrogen (secondary N) is 4. The molecule has 0 spiro atoms. The Bertz CT molecular complexity index is 3570. The molecule has 0 amide bonds. The van der Waals surface area contributed by atoms with Crippen molar-refractivity contribution in [3.63, 3.8) is 0 Å². The van der Waals surface area contributed by atoms with Crippen molar-refractivity contribution in [2.75, 3.05) is 6.61 Å². The van der Waals surface area contributed by atoms with Gasteiger partial charge in [0, 0.05) is 78.1 Å². The molecule has 0 fully saturated rings. The second-order valence-corrected chi connectivity index (χ2v) is 23.9. The monoisotopic (exact) mass is 1070 g/mol. The summed E-state index contributed by atoms with van der Waals surface area (Å²) in [7, 11) is -1.55. The Morgan fingerprint density at radius 3 is 1.13 bits per heavy atom. The fourth-order valence-corrected chi connectivity index (χ4v) is 9.13. The number of halogens is 11. The van der Waals surface area contributed by atoms with Crippen LogP contribution in [0.5, 0.6) is 0 Å². The van der Waals surface area contributed by atoms with Gasteiger partial charge >= 0.3 is 5.97 Å². The zero-order valence-electron chi connectivity index (χ0n) is 35.6. The molecule has 0 saturated heterocycles. The molecule has 0 aliphatic carbocycles. The number of aromatic amines is 4. The molecule has 8 bridgehead atoms. The van der Waals surface area contributed by atoms with Gasteiger partial charge in [-0.25, -0.2) is 48.7 Å². The Morgan fingerprint density at radius 2 is 0.765 bits per heavy atom. The highest BCUT2D eigenvalue weighted by molar-refractivity contribution is 14.1. The van der Waals surface area contributed by atoms with Gasteiger partial charge in [-0.1, -0.05) is 43.9 Å². The highest BCUT2D eigenvalue weighted by Crippen LogP contribution is 2.34. The number of benzene rings is 4. The van der Waals surface area contributed by atoms with E-state index in [1.54, 1.807) is 24.3 Å². The van der Waals surface area contributed by atoms with E-state index in [1.807, 2.05) is 0 Å². The van der Waals surface area contributed by atoms with Crippen LogP contribution in [0.3, 0.4) is 0 Å². The number of rotatable bonds is 8. The van der Waals surface area contributed by atoms with Crippen LogP contribution in [0.2, 0.25) is 25.7 Å². The van der Waals surface area contributed by atoms with E-state index in [-0.39, 0.29) is 61.9 Å². The molecule has 9 rings (SSSR count). The molecule has 4 aromatic carbocycles. The van der Waals surface area contributed by atoms with Crippen molar-refractivity contribution in [1.82, 2.24) is 19.9 Å². The first-order valence-electron chi connectivity index (χ1n) is 20.7. The van der Waals surface area contributed by atoms with Gasteiger partial charge in [0.15, 0.2) is 46.5 Å². The zero-order chi connectivity index (χ0) is 48.5. The predicted molar refractivity (Wildman–Crippen MR) is 245 cm³/mol. The number of aromatic nitrogens is 4. The summed E-state index contributed by atoms with van der Waals surface area (Å²) < 4.78 is 160.